The van der Waals surface area contributed by atoms with Crippen LogP contribution in [-0.2, 0) is 6.18 Å². The molecule has 1 unspecified atom stereocenters. The number of pyridine rings is 1. The summed E-state index contributed by atoms with van der Waals surface area (Å²) < 4.78 is 49.2. The van der Waals surface area contributed by atoms with E-state index in [1.54, 1.807) is 29.2 Å². The Morgan fingerprint density at radius 1 is 1.26 bits per heavy atom. The van der Waals surface area contributed by atoms with E-state index in [9.17, 15) is 18.0 Å². The van der Waals surface area contributed by atoms with Gasteiger partial charge in [-0.3, -0.25) is 4.79 Å². The first kappa shape index (κ1) is 19.0. The molecule has 1 aromatic carbocycles. The highest BCUT2D eigenvalue weighted by atomic mass is 19.4. The van der Waals surface area contributed by atoms with Crippen LogP contribution >= 0.6 is 0 Å². The fourth-order valence-corrected chi connectivity index (χ4v) is 2.87. The van der Waals surface area contributed by atoms with E-state index in [4.69, 9.17) is 9.47 Å². The molecule has 1 amide bonds. The second-order valence-corrected chi connectivity index (χ2v) is 6.12. The zero-order valence-corrected chi connectivity index (χ0v) is 14.7. The summed E-state index contributed by atoms with van der Waals surface area (Å²) in [6, 6.07) is 8.60. The Balaban J connectivity index is 1.60. The number of alkyl halides is 3. The third kappa shape index (κ3) is 4.69. The van der Waals surface area contributed by atoms with E-state index in [1.165, 1.54) is 0 Å². The van der Waals surface area contributed by atoms with Crippen LogP contribution in [0, 0.1) is 0 Å². The first-order chi connectivity index (χ1) is 12.9. The molecule has 0 radical (unpaired) electrons. The SMILES string of the molecule is CCOc1ccc(C(=O)N2CCC(Oc3cc(C(F)(F)F)ccn3)C2)cc1. The minimum atomic E-state index is -4.45. The first-order valence-electron chi connectivity index (χ1n) is 8.59. The van der Waals surface area contributed by atoms with Crippen LogP contribution < -0.4 is 9.47 Å². The molecule has 144 valence electrons. The van der Waals surface area contributed by atoms with Crippen molar-refractivity contribution in [2.24, 2.45) is 0 Å². The molecule has 2 aromatic rings. The average molecular weight is 380 g/mol. The van der Waals surface area contributed by atoms with Gasteiger partial charge in [0, 0.05) is 30.8 Å². The number of hydrogen-bond donors (Lipinski definition) is 0. The van der Waals surface area contributed by atoms with Crippen molar-refractivity contribution in [1.82, 2.24) is 9.88 Å². The maximum Gasteiger partial charge on any atom is 0.416 e. The average Bonchev–Trinajstić information content (AvgIpc) is 3.10. The van der Waals surface area contributed by atoms with Gasteiger partial charge >= 0.3 is 6.18 Å². The highest BCUT2D eigenvalue weighted by Gasteiger charge is 2.32. The second kappa shape index (κ2) is 7.85. The van der Waals surface area contributed by atoms with Crippen molar-refractivity contribution in [2.75, 3.05) is 19.7 Å². The predicted octanol–water partition coefficient (Wildman–Crippen LogP) is 3.79. The summed E-state index contributed by atoms with van der Waals surface area (Å²) in [5, 5.41) is 0. The van der Waals surface area contributed by atoms with Crippen LogP contribution in [0.3, 0.4) is 0 Å². The molecule has 27 heavy (non-hydrogen) atoms. The highest BCUT2D eigenvalue weighted by molar-refractivity contribution is 5.94. The maximum absolute atomic E-state index is 12.8. The van der Waals surface area contributed by atoms with Crippen molar-refractivity contribution in [3.63, 3.8) is 0 Å². The molecule has 8 heteroatoms. The molecule has 1 atom stereocenters. The lowest BCUT2D eigenvalue weighted by Gasteiger charge is -2.17. The van der Waals surface area contributed by atoms with Gasteiger partial charge in [-0.15, -0.1) is 0 Å². The van der Waals surface area contributed by atoms with Crippen molar-refractivity contribution < 1.29 is 27.4 Å². The molecule has 1 aliphatic heterocycles. The van der Waals surface area contributed by atoms with Crippen LogP contribution in [0.15, 0.2) is 42.6 Å². The molecule has 0 aliphatic carbocycles. The van der Waals surface area contributed by atoms with E-state index >= 15 is 0 Å². The Labute approximate surface area is 154 Å². The van der Waals surface area contributed by atoms with Gasteiger partial charge in [-0.2, -0.15) is 13.2 Å². The van der Waals surface area contributed by atoms with Gasteiger partial charge in [0.25, 0.3) is 5.91 Å². The summed E-state index contributed by atoms with van der Waals surface area (Å²) >= 11 is 0. The normalized spacial score (nSPS) is 17.0. The summed E-state index contributed by atoms with van der Waals surface area (Å²) in [5.74, 6) is 0.443. The standard InChI is InChI=1S/C19H19F3N2O3/c1-2-26-15-5-3-13(4-6-15)18(25)24-10-8-16(12-24)27-17-11-14(7-9-23-17)19(20,21)22/h3-7,9,11,16H,2,8,10,12H2,1H3. The number of benzene rings is 1. The lowest BCUT2D eigenvalue weighted by molar-refractivity contribution is -0.137. The van der Waals surface area contributed by atoms with Crippen molar-refractivity contribution in [3.8, 4) is 11.6 Å². The molecule has 0 saturated carbocycles. The number of rotatable bonds is 5. The zero-order valence-electron chi connectivity index (χ0n) is 14.7. The summed E-state index contributed by atoms with van der Waals surface area (Å²) in [4.78, 5) is 18.0. The summed E-state index contributed by atoms with van der Waals surface area (Å²) in [6.07, 6.45) is -3.25. The number of aromatic nitrogens is 1. The van der Waals surface area contributed by atoms with Gasteiger partial charge in [0.05, 0.1) is 18.7 Å². The number of carbonyl (C=O) groups excluding carboxylic acids is 1. The third-order valence-corrected chi connectivity index (χ3v) is 4.19. The molecule has 1 fully saturated rings. The van der Waals surface area contributed by atoms with Crippen LogP contribution in [0.5, 0.6) is 11.6 Å². The smallest absolute Gasteiger partial charge is 0.416 e. The van der Waals surface area contributed by atoms with E-state index in [0.29, 0.717) is 37.4 Å². The van der Waals surface area contributed by atoms with Crippen molar-refractivity contribution in [2.45, 2.75) is 25.6 Å². The molecule has 5 nitrogen and oxygen atoms in total. The van der Waals surface area contributed by atoms with Gasteiger partial charge in [0.1, 0.15) is 11.9 Å². The number of hydrogen-bond acceptors (Lipinski definition) is 4. The third-order valence-electron chi connectivity index (χ3n) is 4.19. The fourth-order valence-electron chi connectivity index (χ4n) is 2.87. The Morgan fingerprint density at radius 3 is 2.67 bits per heavy atom. The molecular weight excluding hydrogens is 361 g/mol. The Bertz CT molecular complexity index is 794. The molecular formula is C19H19F3N2O3. The Hall–Kier alpha value is -2.77. The Kier molecular flexibility index (Phi) is 5.53. The van der Waals surface area contributed by atoms with Crippen LogP contribution in [0.25, 0.3) is 0 Å². The number of carbonyl (C=O) groups is 1. The molecule has 0 bridgehead atoms. The predicted molar refractivity (Wildman–Crippen MR) is 91.8 cm³/mol. The largest absolute Gasteiger partial charge is 0.494 e. The van der Waals surface area contributed by atoms with Gasteiger partial charge in [-0.25, -0.2) is 4.98 Å². The van der Waals surface area contributed by atoms with E-state index in [-0.39, 0.29) is 11.8 Å². The lowest BCUT2D eigenvalue weighted by atomic mass is 10.2. The van der Waals surface area contributed by atoms with Gasteiger partial charge < -0.3 is 14.4 Å². The number of amides is 1. The van der Waals surface area contributed by atoms with Crippen molar-refractivity contribution in [1.29, 1.82) is 0 Å². The van der Waals surface area contributed by atoms with Crippen molar-refractivity contribution >= 4 is 5.91 Å². The number of halogens is 3. The Morgan fingerprint density at radius 2 is 2.00 bits per heavy atom. The zero-order chi connectivity index (χ0) is 19.4. The van der Waals surface area contributed by atoms with E-state index in [2.05, 4.69) is 4.98 Å². The lowest BCUT2D eigenvalue weighted by Crippen LogP contribution is -2.31. The van der Waals surface area contributed by atoms with Crippen LogP contribution in [0.1, 0.15) is 29.3 Å². The molecule has 2 heterocycles. The molecule has 0 N–H and O–H groups in total. The van der Waals surface area contributed by atoms with Crippen molar-refractivity contribution in [3.05, 3.63) is 53.7 Å². The van der Waals surface area contributed by atoms with Crippen LogP contribution in [-0.4, -0.2) is 41.6 Å². The monoisotopic (exact) mass is 380 g/mol. The molecule has 3 rings (SSSR count). The quantitative estimate of drug-likeness (QED) is 0.792. The molecule has 0 spiro atoms. The van der Waals surface area contributed by atoms with Gasteiger partial charge in [-0.1, -0.05) is 0 Å². The number of ether oxygens (including phenoxy) is 2. The van der Waals surface area contributed by atoms with Crippen LogP contribution in [0.4, 0.5) is 13.2 Å². The van der Waals surface area contributed by atoms with E-state index in [0.717, 1.165) is 18.3 Å². The topological polar surface area (TPSA) is 51.7 Å². The fraction of sp³-hybridized carbons (Fsp3) is 0.368. The summed E-state index contributed by atoms with van der Waals surface area (Å²) in [5.41, 5.74) is -0.288. The highest BCUT2D eigenvalue weighted by Crippen LogP contribution is 2.31. The van der Waals surface area contributed by atoms with Crippen LogP contribution in [0.2, 0.25) is 0 Å². The van der Waals surface area contributed by atoms with E-state index < -0.39 is 17.8 Å². The molecule has 1 aromatic heterocycles. The summed E-state index contributed by atoms with van der Waals surface area (Å²) in [7, 11) is 0. The molecule has 1 aliphatic rings. The van der Waals surface area contributed by atoms with E-state index in [1.807, 2.05) is 6.92 Å². The van der Waals surface area contributed by atoms with Gasteiger partial charge in [0.15, 0.2) is 0 Å². The van der Waals surface area contributed by atoms with Gasteiger partial charge in [-0.05, 0) is 37.3 Å². The minimum absolute atomic E-state index is 0.0924. The number of likely N-dealkylation sites (tertiary alicyclic amines) is 1. The van der Waals surface area contributed by atoms with Gasteiger partial charge in [0.2, 0.25) is 5.88 Å². The second-order valence-electron chi connectivity index (χ2n) is 6.12. The maximum atomic E-state index is 12.8. The minimum Gasteiger partial charge on any atom is -0.494 e. The summed E-state index contributed by atoms with van der Waals surface area (Å²) in [6.45, 7) is 3.18. The molecule has 1 saturated heterocycles. The first-order valence-corrected chi connectivity index (χ1v) is 8.59. The number of nitrogens with zero attached hydrogens (tertiary/aromatic N) is 2.